The van der Waals surface area contributed by atoms with Gasteiger partial charge in [0, 0.05) is 5.39 Å². The van der Waals surface area contributed by atoms with Crippen molar-refractivity contribution in [3.8, 4) is 11.5 Å². The minimum Gasteiger partial charge on any atom is -0.504 e. The maximum absolute atomic E-state index is 13.0. The first-order chi connectivity index (χ1) is 12.5. The molecule has 3 aromatic carbocycles. The molecule has 4 rings (SSSR count). The van der Waals surface area contributed by atoms with Crippen LogP contribution in [-0.2, 0) is 4.79 Å². The van der Waals surface area contributed by atoms with Gasteiger partial charge in [-0.1, -0.05) is 66.4 Å². The first kappa shape index (κ1) is 16.6. The molecule has 2 N–H and O–H groups in total. The van der Waals surface area contributed by atoms with Crippen LogP contribution in [0.2, 0.25) is 0 Å². The number of phenols is 2. The van der Waals surface area contributed by atoms with Gasteiger partial charge in [-0.15, -0.1) is 0 Å². The van der Waals surface area contributed by atoms with E-state index >= 15 is 0 Å². The number of carbonyl (C=O) groups excluding carboxylic acids is 1. The Morgan fingerprint density at radius 1 is 0.962 bits per heavy atom. The highest BCUT2D eigenvalue weighted by molar-refractivity contribution is 8.27. The zero-order valence-corrected chi connectivity index (χ0v) is 15.1. The van der Waals surface area contributed by atoms with Crippen LogP contribution in [-0.4, -0.2) is 20.4 Å². The summed E-state index contributed by atoms with van der Waals surface area (Å²) in [6.07, 6.45) is 1.66. The molecule has 0 bridgehead atoms. The Kier molecular flexibility index (Phi) is 4.14. The van der Waals surface area contributed by atoms with Crippen LogP contribution < -0.4 is 4.90 Å². The summed E-state index contributed by atoms with van der Waals surface area (Å²) in [6.45, 7) is 0. The fraction of sp³-hybridized carbons (Fsp3) is 0. The van der Waals surface area contributed by atoms with Crippen molar-refractivity contribution in [2.45, 2.75) is 0 Å². The number of fused-ring (bicyclic) bond motifs is 1. The molecule has 26 heavy (non-hydrogen) atoms. The van der Waals surface area contributed by atoms with E-state index in [1.807, 2.05) is 42.5 Å². The molecule has 1 saturated heterocycles. The molecule has 1 aliphatic rings. The lowest BCUT2D eigenvalue weighted by atomic mass is 10.1. The number of amides is 1. The lowest BCUT2D eigenvalue weighted by Crippen LogP contribution is -2.27. The fourth-order valence-electron chi connectivity index (χ4n) is 2.86. The number of carbonyl (C=O) groups is 1. The van der Waals surface area contributed by atoms with Gasteiger partial charge >= 0.3 is 0 Å². The van der Waals surface area contributed by atoms with Gasteiger partial charge in [0.25, 0.3) is 5.91 Å². The number of phenolic OH excluding ortho intramolecular Hbond substituents is 2. The van der Waals surface area contributed by atoms with Crippen LogP contribution in [0.4, 0.5) is 5.69 Å². The fourth-order valence-corrected chi connectivity index (χ4v) is 4.15. The second kappa shape index (κ2) is 6.48. The normalized spacial score (nSPS) is 16.0. The van der Waals surface area contributed by atoms with Gasteiger partial charge in [0.05, 0.1) is 10.6 Å². The summed E-state index contributed by atoms with van der Waals surface area (Å²) in [6, 6.07) is 18.0. The molecular formula is C20H13NO3S2. The highest BCUT2D eigenvalue weighted by Gasteiger charge is 2.34. The van der Waals surface area contributed by atoms with Crippen molar-refractivity contribution in [3.63, 3.8) is 0 Å². The molecule has 0 atom stereocenters. The number of hydrogen-bond donors (Lipinski definition) is 2. The van der Waals surface area contributed by atoms with Crippen molar-refractivity contribution in [1.82, 2.24) is 0 Å². The van der Waals surface area contributed by atoms with Crippen molar-refractivity contribution in [2.75, 3.05) is 4.90 Å². The highest BCUT2D eigenvalue weighted by Crippen LogP contribution is 2.39. The Morgan fingerprint density at radius 2 is 1.73 bits per heavy atom. The van der Waals surface area contributed by atoms with Gasteiger partial charge in [0.15, 0.2) is 15.8 Å². The molecule has 0 aromatic heterocycles. The van der Waals surface area contributed by atoms with Crippen LogP contribution in [0, 0.1) is 0 Å². The van der Waals surface area contributed by atoms with Gasteiger partial charge in [-0.2, -0.15) is 0 Å². The van der Waals surface area contributed by atoms with Crippen LogP contribution in [0.5, 0.6) is 11.5 Å². The van der Waals surface area contributed by atoms with E-state index in [4.69, 9.17) is 12.2 Å². The number of aromatic hydroxyl groups is 2. The number of nitrogens with zero attached hydrogens (tertiary/aromatic N) is 1. The van der Waals surface area contributed by atoms with E-state index in [1.54, 1.807) is 12.1 Å². The summed E-state index contributed by atoms with van der Waals surface area (Å²) in [4.78, 5) is 15.0. The maximum Gasteiger partial charge on any atom is 0.270 e. The minimum absolute atomic E-state index is 0.203. The van der Waals surface area contributed by atoms with E-state index in [0.29, 0.717) is 14.8 Å². The Hall–Kier alpha value is -2.83. The SMILES string of the molecule is O=C1/C(=C\c2ccc(O)c(O)c2)SC(=S)N1c1cccc2ccccc12. The van der Waals surface area contributed by atoms with Crippen molar-refractivity contribution in [2.24, 2.45) is 0 Å². The average molecular weight is 379 g/mol. The Morgan fingerprint density at radius 3 is 2.54 bits per heavy atom. The van der Waals surface area contributed by atoms with Gasteiger partial charge in [0.2, 0.25) is 0 Å². The summed E-state index contributed by atoms with van der Waals surface area (Å²) < 4.78 is 0.459. The van der Waals surface area contributed by atoms with E-state index in [0.717, 1.165) is 16.5 Å². The molecule has 1 fully saturated rings. The lowest BCUT2D eigenvalue weighted by Gasteiger charge is -2.17. The summed E-state index contributed by atoms with van der Waals surface area (Å²) in [5, 5.41) is 21.0. The Labute approximate surface area is 159 Å². The van der Waals surface area contributed by atoms with Crippen LogP contribution >= 0.6 is 24.0 Å². The first-order valence-corrected chi connectivity index (χ1v) is 9.05. The molecule has 4 nitrogen and oxygen atoms in total. The smallest absolute Gasteiger partial charge is 0.270 e. The van der Waals surface area contributed by atoms with Gasteiger partial charge < -0.3 is 10.2 Å². The van der Waals surface area contributed by atoms with E-state index < -0.39 is 0 Å². The summed E-state index contributed by atoms with van der Waals surface area (Å²) in [5.41, 5.74) is 1.36. The second-order valence-electron chi connectivity index (χ2n) is 5.76. The van der Waals surface area contributed by atoms with Gasteiger partial charge in [-0.25, -0.2) is 0 Å². The molecule has 0 spiro atoms. The van der Waals surface area contributed by atoms with E-state index in [1.165, 1.54) is 28.8 Å². The minimum atomic E-state index is -0.233. The van der Waals surface area contributed by atoms with Crippen LogP contribution in [0.25, 0.3) is 16.8 Å². The molecule has 0 radical (unpaired) electrons. The summed E-state index contributed by atoms with van der Waals surface area (Å²) in [7, 11) is 0. The van der Waals surface area contributed by atoms with Crippen LogP contribution in [0.1, 0.15) is 5.56 Å². The zero-order chi connectivity index (χ0) is 18.3. The standard InChI is InChI=1S/C20H13NO3S2/c22-16-9-8-12(10-17(16)23)11-18-19(24)21(20(25)26-18)15-7-3-5-13-4-1-2-6-14(13)15/h1-11,22-23H/b18-11+. The monoisotopic (exact) mass is 379 g/mol. The highest BCUT2D eigenvalue weighted by atomic mass is 32.2. The molecule has 1 heterocycles. The second-order valence-corrected chi connectivity index (χ2v) is 7.44. The van der Waals surface area contributed by atoms with Gasteiger partial charge in [-0.3, -0.25) is 9.69 Å². The number of thioether (sulfide) groups is 1. The quantitative estimate of drug-likeness (QED) is 0.385. The maximum atomic E-state index is 13.0. The number of anilines is 1. The molecule has 1 amide bonds. The molecule has 6 heteroatoms. The number of thiocarbonyl (C=S) groups is 1. The molecule has 3 aromatic rings. The topological polar surface area (TPSA) is 60.8 Å². The zero-order valence-electron chi connectivity index (χ0n) is 13.4. The van der Waals surface area contributed by atoms with E-state index in [2.05, 4.69) is 0 Å². The Balaban J connectivity index is 1.75. The van der Waals surface area contributed by atoms with Gasteiger partial charge in [0.1, 0.15) is 0 Å². The number of hydrogen-bond acceptors (Lipinski definition) is 5. The third-order valence-corrected chi connectivity index (χ3v) is 5.40. The number of rotatable bonds is 2. The summed E-state index contributed by atoms with van der Waals surface area (Å²) in [5.74, 6) is -0.641. The van der Waals surface area contributed by atoms with Crippen molar-refractivity contribution in [3.05, 3.63) is 71.1 Å². The molecule has 0 aliphatic carbocycles. The Bertz CT molecular complexity index is 1090. The van der Waals surface area contributed by atoms with E-state index in [-0.39, 0.29) is 17.4 Å². The molecule has 0 saturated carbocycles. The van der Waals surface area contributed by atoms with Crippen molar-refractivity contribution in [1.29, 1.82) is 0 Å². The lowest BCUT2D eigenvalue weighted by molar-refractivity contribution is -0.113. The predicted molar refractivity (Wildman–Crippen MR) is 109 cm³/mol. The van der Waals surface area contributed by atoms with Crippen LogP contribution in [0.3, 0.4) is 0 Å². The molecule has 128 valence electrons. The third-order valence-electron chi connectivity index (χ3n) is 4.10. The summed E-state index contributed by atoms with van der Waals surface area (Å²) >= 11 is 6.66. The van der Waals surface area contributed by atoms with Crippen molar-refractivity contribution >= 4 is 56.7 Å². The van der Waals surface area contributed by atoms with Crippen molar-refractivity contribution < 1.29 is 15.0 Å². The van der Waals surface area contributed by atoms with Crippen LogP contribution in [0.15, 0.2) is 65.6 Å². The predicted octanol–water partition coefficient (Wildman–Crippen LogP) is 4.66. The van der Waals surface area contributed by atoms with E-state index in [9.17, 15) is 15.0 Å². The van der Waals surface area contributed by atoms with Gasteiger partial charge in [-0.05, 0) is 35.2 Å². The molecule has 0 unspecified atom stereocenters. The average Bonchev–Trinajstić information content (AvgIpc) is 2.91. The molecular weight excluding hydrogens is 366 g/mol. The third kappa shape index (κ3) is 2.83. The largest absolute Gasteiger partial charge is 0.504 e. The molecule has 1 aliphatic heterocycles. The number of benzene rings is 3. The first-order valence-electron chi connectivity index (χ1n) is 7.82.